The Balaban J connectivity index is 3.33. The Labute approximate surface area is 91.9 Å². The zero-order valence-electron chi connectivity index (χ0n) is 10.1. The molecule has 2 heteroatoms. The van der Waals surface area contributed by atoms with Gasteiger partial charge in [0.05, 0.1) is 6.61 Å². The second-order valence-electron chi connectivity index (χ2n) is 3.64. The minimum atomic E-state index is 0.429. The highest BCUT2D eigenvalue weighted by atomic mass is 16.5. The van der Waals surface area contributed by atoms with E-state index in [1.165, 1.54) is 0 Å². The van der Waals surface area contributed by atoms with Crippen LogP contribution >= 0.6 is 0 Å². The highest BCUT2D eigenvalue weighted by Crippen LogP contribution is 2.34. The third-order valence-electron chi connectivity index (χ3n) is 2.68. The molecule has 0 aliphatic carbocycles. The maximum atomic E-state index is 9.95. The zero-order valence-corrected chi connectivity index (χ0v) is 10.1. The van der Waals surface area contributed by atoms with E-state index in [1.54, 1.807) is 0 Å². The van der Waals surface area contributed by atoms with Crippen LogP contribution in [-0.4, -0.2) is 11.7 Å². The number of benzene rings is 1. The first-order chi connectivity index (χ1) is 7.15. The summed E-state index contributed by atoms with van der Waals surface area (Å²) < 4.78 is 5.60. The van der Waals surface area contributed by atoms with Gasteiger partial charge in [-0.05, 0) is 38.3 Å². The standard InChI is InChI=1S/C13H20O2/c1-5-10-11(6-2)13(14)9(4)8-12(10)15-7-3/h8,14H,5-7H2,1-4H3. The number of hydrogen-bond acceptors (Lipinski definition) is 2. The van der Waals surface area contributed by atoms with E-state index >= 15 is 0 Å². The fourth-order valence-electron chi connectivity index (χ4n) is 1.93. The van der Waals surface area contributed by atoms with Crippen molar-refractivity contribution in [1.82, 2.24) is 0 Å². The van der Waals surface area contributed by atoms with Gasteiger partial charge in [0.25, 0.3) is 0 Å². The summed E-state index contributed by atoms with van der Waals surface area (Å²) in [6.07, 6.45) is 1.74. The van der Waals surface area contributed by atoms with Gasteiger partial charge in [-0.15, -0.1) is 0 Å². The summed E-state index contributed by atoms with van der Waals surface area (Å²) in [4.78, 5) is 0. The Hall–Kier alpha value is -1.18. The molecule has 1 aromatic rings. The number of rotatable bonds is 4. The molecule has 0 aliphatic rings. The van der Waals surface area contributed by atoms with Crippen LogP contribution in [-0.2, 0) is 12.8 Å². The molecule has 2 nitrogen and oxygen atoms in total. The molecule has 1 rings (SSSR count). The van der Waals surface area contributed by atoms with Gasteiger partial charge in [-0.3, -0.25) is 0 Å². The van der Waals surface area contributed by atoms with E-state index in [0.29, 0.717) is 12.4 Å². The monoisotopic (exact) mass is 208 g/mol. The number of hydrogen-bond donors (Lipinski definition) is 1. The van der Waals surface area contributed by atoms with Gasteiger partial charge < -0.3 is 9.84 Å². The Kier molecular flexibility index (Phi) is 4.01. The summed E-state index contributed by atoms with van der Waals surface area (Å²) in [5, 5.41) is 9.95. The van der Waals surface area contributed by atoms with Crippen LogP contribution in [0.2, 0.25) is 0 Å². The van der Waals surface area contributed by atoms with Crippen molar-refractivity contribution in [3.63, 3.8) is 0 Å². The average molecular weight is 208 g/mol. The molecule has 0 heterocycles. The Morgan fingerprint density at radius 2 is 1.73 bits per heavy atom. The van der Waals surface area contributed by atoms with Gasteiger partial charge in [0.2, 0.25) is 0 Å². The van der Waals surface area contributed by atoms with Crippen LogP contribution in [0.4, 0.5) is 0 Å². The Morgan fingerprint density at radius 1 is 1.13 bits per heavy atom. The quantitative estimate of drug-likeness (QED) is 0.823. The van der Waals surface area contributed by atoms with Gasteiger partial charge in [0.15, 0.2) is 0 Å². The molecule has 0 bridgehead atoms. The van der Waals surface area contributed by atoms with Crippen LogP contribution in [0.15, 0.2) is 6.07 Å². The van der Waals surface area contributed by atoms with Crippen molar-refractivity contribution in [2.45, 2.75) is 40.5 Å². The van der Waals surface area contributed by atoms with Crippen molar-refractivity contribution in [2.75, 3.05) is 6.61 Å². The van der Waals surface area contributed by atoms with E-state index in [9.17, 15) is 5.11 Å². The maximum Gasteiger partial charge on any atom is 0.123 e. The highest BCUT2D eigenvalue weighted by Gasteiger charge is 2.13. The second kappa shape index (κ2) is 5.06. The van der Waals surface area contributed by atoms with Gasteiger partial charge in [0, 0.05) is 11.1 Å². The van der Waals surface area contributed by atoms with E-state index in [1.807, 2.05) is 19.9 Å². The molecule has 1 N–H and O–H groups in total. The third kappa shape index (κ3) is 2.25. The zero-order chi connectivity index (χ0) is 11.4. The maximum absolute atomic E-state index is 9.95. The van der Waals surface area contributed by atoms with Crippen molar-refractivity contribution in [3.05, 3.63) is 22.8 Å². The lowest BCUT2D eigenvalue weighted by molar-refractivity contribution is 0.334. The topological polar surface area (TPSA) is 29.5 Å². The lowest BCUT2D eigenvalue weighted by Gasteiger charge is -2.16. The predicted molar refractivity (Wildman–Crippen MR) is 62.8 cm³/mol. The number of aromatic hydroxyl groups is 1. The molecular weight excluding hydrogens is 188 g/mol. The molecular formula is C13H20O2. The number of phenols is 1. The van der Waals surface area contributed by atoms with E-state index in [-0.39, 0.29) is 0 Å². The van der Waals surface area contributed by atoms with Gasteiger partial charge in [-0.1, -0.05) is 13.8 Å². The molecule has 0 unspecified atom stereocenters. The summed E-state index contributed by atoms with van der Waals surface area (Å²) in [6, 6.07) is 1.93. The molecule has 0 atom stereocenters. The van der Waals surface area contributed by atoms with Gasteiger partial charge in [-0.25, -0.2) is 0 Å². The summed E-state index contributed by atoms with van der Waals surface area (Å²) in [7, 11) is 0. The highest BCUT2D eigenvalue weighted by molar-refractivity contribution is 5.52. The molecule has 0 saturated heterocycles. The van der Waals surface area contributed by atoms with Crippen molar-refractivity contribution >= 4 is 0 Å². The SMILES string of the molecule is CCOc1cc(C)c(O)c(CC)c1CC. The summed E-state index contributed by atoms with van der Waals surface area (Å²) in [6.45, 7) is 8.71. The third-order valence-corrected chi connectivity index (χ3v) is 2.68. The molecule has 15 heavy (non-hydrogen) atoms. The van der Waals surface area contributed by atoms with Gasteiger partial charge >= 0.3 is 0 Å². The van der Waals surface area contributed by atoms with Crippen LogP contribution in [0, 0.1) is 6.92 Å². The second-order valence-corrected chi connectivity index (χ2v) is 3.64. The Bertz CT molecular complexity index is 343. The molecule has 84 valence electrons. The predicted octanol–water partition coefficient (Wildman–Crippen LogP) is 3.22. The molecule has 0 amide bonds. The first kappa shape index (κ1) is 11.9. The van der Waals surface area contributed by atoms with Crippen molar-refractivity contribution in [1.29, 1.82) is 0 Å². The molecule has 0 aliphatic heterocycles. The molecule has 1 aromatic carbocycles. The number of aryl methyl sites for hydroxylation is 1. The number of phenolic OH excluding ortho intramolecular Hbond substituents is 1. The van der Waals surface area contributed by atoms with Crippen molar-refractivity contribution in [2.24, 2.45) is 0 Å². The van der Waals surface area contributed by atoms with Crippen molar-refractivity contribution < 1.29 is 9.84 Å². The van der Waals surface area contributed by atoms with E-state index in [2.05, 4.69) is 13.8 Å². The smallest absolute Gasteiger partial charge is 0.123 e. The number of ether oxygens (including phenoxy) is 1. The normalized spacial score (nSPS) is 10.4. The minimum absolute atomic E-state index is 0.429. The van der Waals surface area contributed by atoms with Crippen LogP contribution in [0.1, 0.15) is 37.5 Å². The van der Waals surface area contributed by atoms with Crippen LogP contribution in [0.25, 0.3) is 0 Å². The molecule has 0 radical (unpaired) electrons. The minimum Gasteiger partial charge on any atom is -0.507 e. The van der Waals surface area contributed by atoms with E-state index in [4.69, 9.17) is 4.74 Å². The Morgan fingerprint density at radius 3 is 2.20 bits per heavy atom. The molecule has 0 spiro atoms. The first-order valence-corrected chi connectivity index (χ1v) is 5.62. The van der Waals surface area contributed by atoms with Crippen molar-refractivity contribution in [3.8, 4) is 11.5 Å². The summed E-state index contributed by atoms with van der Waals surface area (Å²) >= 11 is 0. The van der Waals surface area contributed by atoms with Crippen LogP contribution in [0.5, 0.6) is 11.5 Å². The molecule has 0 fully saturated rings. The lowest BCUT2D eigenvalue weighted by Crippen LogP contribution is -2.01. The van der Waals surface area contributed by atoms with Crippen LogP contribution in [0.3, 0.4) is 0 Å². The molecule has 0 saturated carbocycles. The van der Waals surface area contributed by atoms with E-state index < -0.39 is 0 Å². The molecule has 0 aromatic heterocycles. The summed E-state index contributed by atoms with van der Waals surface area (Å²) in [5.74, 6) is 1.35. The fraction of sp³-hybridized carbons (Fsp3) is 0.538. The largest absolute Gasteiger partial charge is 0.507 e. The average Bonchev–Trinajstić information content (AvgIpc) is 2.23. The van der Waals surface area contributed by atoms with Gasteiger partial charge in [0.1, 0.15) is 11.5 Å². The summed E-state index contributed by atoms with van der Waals surface area (Å²) in [5.41, 5.74) is 3.07. The fourth-order valence-corrected chi connectivity index (χ4v) is 1.93. The van der Waals surface area contributed by atoms with Crippen LogP contribution < -0.4 is 4.74 Å². The lowest BCUT2D eigenvalue weighted by atomic mass is 9.97. The van der Waals surface area contributed by atoms with E-state index in [0.717, 1.165) is 35.3 Å². The first-order valence-electron chi connectivity index (χ1n) is 5.62. The van der Waals surface area contributed by atoms with Gasteiger partial charge in [-0.2, -0.15) is 0 Å².